The first kappa shape index (κ1) is 15.9. The largest absolute Gasteiger partial charge is 0.350 e. The highest BCUT2D eigenvalue weighted by molar-refractivity contribution is 8.18. The summed E-state index contributed by atoms with van der Waals surface area (Å²) in [5.41, 5.74) is 1.67. The van der Waals surface area contributed by atoms with Crippen molar-refractivity contribution in [3.05, 3.63) is 64.3 Å². The van der Waals surface area contributed by atoms with Crippen LogP contribution >= 0.6 is 23.4 Å². The van der Waals surface area contributed by atoms with Crippen LogP contribution in [0.3, 0.4) is 0 Å². The zero-order chi connectivity index (χ0) is 16.4. The van der Waals surface area contributed by atoms with Gasteiger partial charge >= 0.3 is 0 Å². The van der Waals surface area contributed by atoms with Crippen molar-refractivity contribution in [3.8, 4) is 0 Å². The lowest BCUT2D eigenvalue weighted by atomic mass is 10.2. The summed E-state index contributed by atoms with van der Waals surface area (Å²) in [5.74, 6) is -0.00739. The molecule has 0 atom stereocenters. The first-order chi connectivity index (χ1) is 11.1. The molecule has 4 nitrogen and oxygen atoms in total. The Morgan fingerprint density at radius 2 is 1.96 bits per heavy atom. The number of halogens is 1. The molecule has 6 heteroatoms. The number of allylic oxidation sites excluding steroid dienone is 3. The molecule has 0 unspecified atom stereocenters. The van der Waals surface area contributed by atoms with Crippen LogP contribution in [0.1, 0.15) is 6.92 Å². The molecule has 23 heavy (non-hydrogen) atoms. The van der Waals surface area contributed by atoms with Crippen molar-refractivity contribution in [3.63, 3.8) is 0 Å². The highest BCUT2D eigenvalue weighted by Crippen LogP contribution is 2.36. The van der Waals surface area contributed by atoms with E-state index >= 15 is 0 Å². The Balaban J connectivity index is 1.98. The van der Waals surface area contributed by atoms with Crippen molar-refractivity contribution < 1.29 is 4.79 Å². The number of aliphatic imine (C=N–C) groups is 1. The van der Waals surface area contributed by atoms with E-state index in [0.717, 1.165) is 11.4 Å². The number of hydrogen-bond donors (Lipinski definition) is 0. The number of likely N-dealkylation sites (N-methyl/N-ethyl adjacent to an activating group) is 2. The molecule has 1 saturated heterocycles. The second-order valence-corrected chi connectivity index (χ2v) is 6.46. The molecule has 2 heterocycles. The van der Waals surface area contributed by atoms with Gasteiger partial charge in [0, 0.05) is 24.8 Å². The Morgan fingerprint density at radius 1 is 1.22 bits per heavy atom. The molecular weight excluding hydrogens is 330 g/mol. The van der Waals surface area contributed by atoms with Crippen molar-refractivity contribution >= 4 is 40.1 Å². The van der Waals surface area contributed by atoms with Gasteiger partial charge in [0.1, 0.15) is 4.91 Å². The van der Waals surface area contributed by atoms with Crippen LogP contribution in [0.15, 0.2) is 64.3 Å². The number of nitrogens with zero attached hydrogens (tertiary/aromatic N) is 3. The summed E-state index contributed by atoms with van der Waals surface area (Å²) < 4.78 is 0. The Morgan fingerprint density at radius 3 is 2.61 bits per heavy atom. The van der Waals surface area contributed by atoms with Crippen LogP contribution in [-0.4, -0.2) is 34.5 Å². The maximum absolute atomic E-state index is 12.7. The van der Waals surface area contributed by atoms with Crippen molar-refractivity contribution in [2.24, 2.45) is 4.99 Å². The van der Waals surface area contributed by atoms with Gasteiger partial charge in [0.05, 0.1) is 11.4 Å². The van der Waals surface area contributed by atoms with Crippen molar-refractivity contribution in [1.29, 1.82) is 0 Å². The summed E-state index contributed by atoms with van der Waals surface area (Å²) in [6, 6.07) is 7.27. The minimum absolute atomic E-state index is 0.00739. The standard InChI is InChI=1S/C17H16ClN3OS/c1-3-21-16(22)15(14-6-4-5-11-20(14)2)23-17(21)19-13-9-7-12(18)8-10-13/h4-11H,3H2,1-2H3/b15-14+,19-17?. The van der Waals surface area contributed by atoms with E-state index in [9.17, 15) is 4.79 Å². The fourth-order valence-corrected chi connectivity index (χ4v) is 3.60. The molecule has 0 saturated carbocycles. The van der Waals surface area contributed by atoms with Gasteiger partial charge in [-0.25, -0.2) is 4.99 Å². The smallest absolute Gasteiger partial charge is 0.268 e. The van der Waals surface area contributed by atoms with E-state index in [0.29, 0.717) is 21.6 Å². The first-order valence-corrected chi connectivity index (χ1v) is 8.45. The summed E-state index contributed by atoms with van der Waals surface area (Å²) in [6.07, 6.45) is 7.75. The zero-order valence-electron chi connectivity index (χ0n) is 12.9. The van der Waals surface area contributed by atoms with E-state index in [1.54, 1.807) is 17.0 Å². The summed E-state index contributed by atoms with van der Waals surface area (Å²) in [5, 5.41) is 1.36. The second-order valence-electron chi connectivity index (χ2n) is 5.05. The predicted octanol–water partition coefficient (Wildman–Crippen LogP) is 4.15. The van der Waals surface area contributed by atoms with Crippen LogP contribution in [-0.2, 0) is 4.79 Å². The molecular formula is C17H16ClN3OS. The maximum Gasteiger partial charge on any atom is 0.268 e. The number of rotatable bonds is 2. The molecule has 0 spiro atoms. The molecule has 1 fully saturated rings. The summed E-state index contributed by atoms with van der Waals surface area (Å²) in [7, 11) is 1.93. The quantitative estimate of drug-likeness (QED) is 0.755. The number of amidine groups is 1. The fraction of sp³-hybridized carbons (Fsp3) is 0.176. The van der Waals surface area contributed by atoms with Crippen LogP contribution in [0.4, 0.5) is 5.69 Å². The van der Waals surface area contributed by atoms with Gasteiger partial charge in [0.15, 0.2) is 5.17 Å². The van der Waals surface area contributed by atoms with Gasteiger partial charge in [0.25, 0.3) is 5.91 Å². The van der Waals surface area contributed by atoms with Crippen LogP contribution in [0.5, 0.6) is 0 Å². The molecule has 1 amide bonds. The van der Waals surface area contributed by atoms with Crippen molar-refractivity contribution in [1.82, 2.24) is 9.80 Å². The molecule has 0 N–H and O–H groups in total. The molecule has 3 rings (SSSR count). The maximum atomic E-state index is 12.7. The van der Waals surface area contributed by atoms with Crippen molar-refractivity contribution in [2.45, 2.75) is 6.92 Å². The number of carbonyl (C=O) groups excluding carboxylic acids is 1. The second kappa shape index (κ2) is 6.64. The molecule has 118 valence electrons. The lowest BCUT2D eigenvalue weighted by Crippen LogP contribution is -2.29. The third-order valence-corrected chi connectivity index (χ3v) is 4.85. The lowest BCUT2D eigenvalue weighted by Gasteiger charge is -2.19. The number of benzene rings is 1. The van der Waals surface area contributed by atoms with Crippen LogP contribution in [0.25, 0.3) is 0 Å². The van der Waals surface area contributed by atoms with E-state index in [1.807, 2.05) is 55.4 Å². The summed E-state index contributed by atoms with van der Waals surface area (Å²) >= 11 is 7.31. The van der Waals surface area contributed by atoms with Crippen LogP contribution < -0.4 is 0 Å². The topological polar surface area (TPSA) is 35.9 Å². The average molecular weight is 346 g/mol. The SMILES string of the molecule is CCN1C(=O)/C(=C2/C=CC=CN2C)SC1=Nc1ccc(Cl)cc1. The minimum Gasteiger partial charge on any atom is -0.350 e. The first-order valence-electron chi connectivity index (χ1n) is 7.26. The van der Waals surface area contributed by atoms with Gasteiger partial charge in [-0.15, -0.1) is 0 Å². The third kappa shape index (κ3) is 3.21. The van der Waals surface area contributed by atoms with E-state index < -0.39 is 0 Å². The normalized spacial score (nSPS) is 22.6. The number of carbonyl (C=O) groups is 1. The van der Waals surface area contributed by atoms with Crippen LogP contribution in [0, 0.1) is 0 Å². The van der Waals surface area contributed by atoms with E-state index in [-0.39, 0.29) is 5.91 Å². The van der Waals surface area contributed by atoms with Crippen molar-refractivity contribution in [2.75, 3.05) is 13.6 Å². The van der Waals surface area contributed by atoms with Gasteiger partial charge in [-0.1, -0.05) is 17.7 Å². The van der Waals surface area contributed by atoms with E-state index in [2.05, 4.69) is 4.99 Å². The van der Waals surface area contributed by atoms with Gasteiger partial charge in [0.2, 0.25) is 0 Å². The minimum atomic E-state index is -0.00739. The van der Waals surface area contributed by atoms with Gasteiger partial charge in [-0.3, -0.25) is 9.69 Å². The number of hydrogen-bond acceptors (Lipinski definition) is 4. The van der Waals surface area contributed by atoms with Gasteiger partial charge < -0.3 is 4.90 Å². The highest BCUT2D eigenvalue weighted by atomic mass is 35.5. The molecule has 1 aromatic rings. The van der Waals surface area contributed by atoms with Gasteiger partial charge in [-0.05, 0) is 55.1 Å². The Bertz CT molecular complexity index is 750. The molecule has 1 aromatic carbocycles. The molecule has 0 bridgehead atoms. The highest BCUT2D eigenvalue weighted by Gasteiger charge is 2.35. The predicted molar refractivity (Wildman–Crippen MR) is 96.6 cm³/mol. The lowest BCUT2D eigenvalue weighted by molar-refractivity contribution is -0.122. The fourth-order valence-electron chi connectivity index (χ4n) is 2.31. The summed E-state index contributed by atoms with van der Waals surface area (Å²) in [4.78, 5) is 21.6. The molecule has 2 aliphatic rings. The Labute approximate surface area is 144 Å². The molecule has 2 aliphatic heterocycles. The summed E-state index contributed by atoms with van der Waals surface area (Å²) in [6.45, 7) is 2.53. The van der Waals surface area contributed by atoms with Crippen LogP contribution in [0.2, 0.25) is 5.02 Å². The van der Waals surface area contributed by atoms with Gasteiger partial charge in [-0.2, -0.15) is 0 Å². The average Bonchev–Trinajstić information content (AvgIpc) is 2.85. The molecule has 0 aromatic heterocycles. The Hall–Kier alpha value is -1.98. The zero-order valence-corrected chi connectivity index (χ0v) is 14.4. The number of amides is 1. The third-order valence-electron chi connectivity index (χ3n) is 3.52. The van der Waals surface area contributed by atoms with E-state index in [1.165, 1.54) is 11.8 Å². The monoisotopic (exact) mass is 345 g/mol. The number of thioether (sulfide) groups is 1. The van der Waals surface area contributed by atoms with E-state index in [4.69, 9.17) is 11.6 Å². The Kier molecular flexibility index (Phi) is 4.59. The molecule has 0 aliphatic carbocycles. The molecule has 0 radical (unpaired) electrons.